The number of carbonyl (C=O) groups is 1. The fourth-order valence-corrected chi connectivity index (χ4v) is 4.48. The van der Waals surface area contributed by atoms with E-state index in [1.54, 1.807) is 12.1 Å². The number of carbonyl (C=O) groups excluding carboxylic acids is 1. The highest BCUT2D eigenvalue weighted by Crippen LogP contribution is 2.35. The number of phenols is 4. The SMILES string of the molecule is O=C(/C=C/c1ccc(O)cc1)O[C@@H]1[C@@H](O)[C@H](Oc2cc(O)c3c(=O)cc(-c4ccc(O)c(O)c4)oc3c2)O[C@H](CO)[C@H]1O. The number of esters is 1. The molecule has 2 heterocycles. The van der Waals surface area contributed by atoms with E-state index in [-0.39, 0.29) is 39.5 Å². The number of aliphatic hydroxyl groups excluding tert-OH is 3. The van der Waals surface area contributed by atoms with Gasteiger partial charge in [-0.25, -0.2) is 4.79 Å². The maximum Gasteiger partial charge on any atom is 0.331 e. The molecule has 224 valence electrons. The predicted molar refractivity (Wildman–Crippen MR) is 148 cm³/mol. The molecule has 5 rings (SSSR count). The molecule has 13 nitrogen and oxygen atoms in total. The number of aromatic hydroxyl groups is 4. The van der Waals surface area contributed by atoms with Crippen LogP contribution < -0.4 is 10.2 Å². The summed E-state index contributed by atoms with van der Waals surface area (Å²) in [5.41, 5.74) is 0.0366. The van der Waals surface area contributed by atoms with E-state index in [0.717, 1.165) is 18.2 Å². The fourth-order valence-electron chi connectivity index (χ4n) is 4.48. The zero-order valence-electron chi connectivity index (χ0n) is 22.1. The maximum absolute atomic E-state index is 12.8. The number of aliphatic hydroxyl groups is 3. The lowest BCUT2D eigenvalue weighted by molar-refractivity contribution is -0.280. The number of rotatable bonds is 7. The first-order valence-corrected chi connectivity index (χ1v) is 12.8. The van der Waals surface area contributed by atoms with Gasteiger partial charge < -0.3 is 54.4 Å². The Balaban J connectivity index is 1.39. The maximum atomic E-state index is 12.8. The summed E-state index contributed by atoms with van der Waals surface area (Å²) >= 11 is 0. The van der Waals surface area contributed by atoms with E-state index in [1.165, 1.54) is 42.5 Å². The van der Waals surface area contributed by atoms with Crippen LogP contribution in [0.3, 0.4) is 0 Å². The summed E-state index contributed by atoms with van der Waals surface area (Å²) in [6.07, 6.45) is -5.56. The summed E-state index contributed by atoms with van der Waals surface area (Å²) < 4.78 is 22.2. The number of phenolic OH excluding ortho intramolecular Hbond substituents is 4. The molecule has 5 atom stereocenters. The van der Waals surface area contributed by atoms with Gasteiger partial charge in [-0.1, -0.05) is 12.1 Å². The molecule has 0 amide bonds. The molecular formula is C30H26O13. The standard InChI is InChI=1S/C30H26O13/c31-13-24-27(38)29(43-25(37)8-3-14-1-5-16(32)6-2-14)28(39)30(42-24)40-17-10-20(35)26-21(36)12-22(41-23(26)11-17)15-4-7-18(33)19(34)9-15/h1-12,24,27-35,38-39H,13H2/b8-3+/t24-,27-,28-,29+,30-/m1/s1. The van der Waals surface area contributed by atoms with E-state index in [2.05, 4.69) is 0 Å². The van der Waals surface area contributed by atoms with Gasteiger partial charge in [-0.05, 0) is 42.0 Å². The molecule has 13 heteroatoms. The van der Waals surface area contributed by atoms with Crippen molar-refractivity contribution in [1.29, 1.82) is 0 Å². The lowest BCUT2D eigenvalue weighted by Crippen LogP contribution is -2.61. The smallest absolute Gasteiger partial charge is 0.331 e. The van der Waals surface area contributed by atoms with Crippen molar-refractivity contribution in [3.63, 3.8) is 0 Å². The Kier molecular flexibility index (Phi) is 8.23. The third-order valence-electron chi connectivity index (χ3n) is 6.67. The Labute approximate surface area is 242 Å². The summed E-state index contributed by atoms with van der Waals surface area (Å²) in [6.45, 7) is -0.730. The molecule has 0 radical (unpaired) electrons. The number of hydrogen-bond acceptors (Lipinski definition) is 13. The van der Waals surface area contributed by atoms with Gasteiger partial charge in [0, 0.05) is 29.8 Å². The van der Waals surface area contributed by atoms with Crippen LogP contribution in [0.15, 0.2) is 76.0 Å². The molecule has 1 aliphatic heterocycles. The van der Waals surface area contributed by atoms with Crippen LogP contribution in [-0.4, -0.2) is 79.0 Å². The second kappa shape index (κ2) is 12.0. The van der Waals surface area contributed by atoms with E-state index in [4.69, 9.17) is 18.6 Å². The molecular weight excluding hydrogens is 568 g/mol. The van der Waals surface area contributed by atoms with Crippen LogP contribution in [0.25, 0.3) is 28.4 Å². The first kappa shape index (κ1) is 29.4. The van der Waals surface area contributed by atoms with Gasteiger partial charge in [0.2, 0.25) is 6.29 Å². The summed E-state index contributed by atoms with van der Waals surface area (Å²) in [5.74, 6) is -2.43. The van der Waals surface area contributed by atoms with Crippen molar-refractivity contribution < 1.29 is 59.2 Å². The molecule has 7 N–H and O–H groups in total. The molecule has 0 bridgehead atoms. The number of benzene rings is 3. The zero-order chi connectivity index (χ0) is 30.8. The first-order valence-electron chi connectivity index (χ1n) is 12.8. The highest BCUT2D eigenvalue weighted by molar-refractivity contribution is 5.87. The van der Waals surface area contributed by atoms with Gasteiger partial charge >= 0.3 is 5.97 Å². The molecule has 1 aromatic heterocycles. The van der Waals surface area contributed by atoms with Gasteiger partial charge in [-0.2, -0.15) is 0 Å². The number of fused-ring (bicyclic) bond motifs is 1. The Morgan fingerprint density at radius 1 is 0.884 bits per heavy atom. The number of ether oxygens (including phenoxy) is 3. The third kappa shape index (κ3) is 6.24. The Bertz CT molecular complexity index is 1730. The van der Waals surface area contributed by atoms with E-state index in [9.17, 15) is 45.3 Å². The van der Waals surface area contributed by atoms with Gasteiger partial charge in [0.15, 0.2) is 29.1 Å². The minimum atomic E-state index is -1.78. The van der Waals surface area contributed by atoms with Crippen LogP contribution in [-0.2, 0) is 14.3 Å². The normalized spacial score (nSPS) is 22.1. The van der Waals surface area contributed by atoms with Crippen molar-refractivity contribution in [2.75, 3.05) is 6.61 Å². The topological polar surface area (TPSA) is 217 Å². The lowest BCUT2D eigenvalue weighted by Gasteiger charge is -2.41. The second-order valence-electron chi connectivity index (χ2n) is 9.64. The first-order chi connectivity index (χ1) is 20.5. The highest BCUT2D eigenvalue weighted by atomic mass is 16.7. The predicted octanol–water partition coefficient (Wildman–Crippen LogP) is 1.73. The molecule has 0 spiro atoms. The molecule has 0 aliphatic carbocycles. The van der Waals surface area contributed by atoms with Crippen molar-refractivity contribution in [3.05, 3.63) is 82.5 Å². The summed E-state index contributed by atoms with van der Waals surface area (Å²) in [5, 5.41) is 70.4. The van der Waals surface area contributed by atoms with Crippen molar-refractivity contribution >= 4 is 23.0 Å². The van der Waals surface area contributed by atoms with Gasteiger partial charge in [0.05, 0.1) is 6.61 Å². The van der Waals surface area contributed by atoms with E-state index in [0.29, 0.717) is 5.56 Å². The van der Waals surface area contributed by atoms with Crippen LogP contribution in [0.5, 0.6) is 28.7 Å². The molecule has 0 saturated carbocycles. The van der Waals surface area contributed by atoms with Gasteiger partial charge in [-0.15, -0.1) is 0 Å². The van der Waals surface area contributed by atoms with Gasteiger partial charge in [0.25, 0.3) is 0 Å². The van der Waals surface area contributed by atoms with Crippen LogP contribution >= 0.6 is 0 Å². The lowest BCUT2D eigenvalue weighted by atomic mass is 9.99. The molecule has 1 saturated heterocycles. The average molecular weight is 595 g/mol. The van der Waals surface area contributed by atoms with Crippen molar-refractivity contribution in [2.24, 2.45) is 0 Å². The van der Waals surface area contributed by atoms with Crippen LogP contribution in [0.2, 0.25) is 0 Å². The number of hydrogen-bond donors (Lipinski definition) is 7. The highest BCUT2D eigenvalue weighted by Gasteiger charge is 2.47. The Morgan fingerprint density at radius 3 is 2.33 bits per heavy atom. The fraction of sp³-hybridized carbons (Fsp3) is 0.200. The monoisotopic (exact) mass is 594 g/mol. The molecule has 3 aromatic carbocycles. The van der Waals surface area contributed by atoms with E-state index < -0.39 is 60.2 Å². The molecule has 1 aliphatic rings. The minimum absolute atomic E-state index is 0.00546. The van der Waals surface area contributed by atoms with Crippen LogP contribution in [0, 0.1) is 0 Å². The van der Waals surface area contributed by atoms with Crippen LogP contribution in [0.4, 0.5) is 0 Å². The Morgan fingerprint density at radius 2 is 1.63 bits per heavy atom. The van der Waals surface area contributed by atoms with Crippen molar-refractivity contribution in [3.8, 4) is 40.1 Å². The molecule has 1 fully saturated rings. The summed E-state index contributed by atoms with van der Waals surface area (Å²) in [7, 11) is 0. The van der Waals surface area contributed by atoms with Gasteiger partial charge in [0.1, 0.15) is 46.2 Å². The Hall–Kier alpha value is -5.08. The molecule has 0 unspecified atom stereocenters. The summed E-state index contributed by atoms with van der Waals surface area (Å²) in [6, 6.07) is 13.1. The van der Waals surface area contributed by atoms with Crippen LogP contribution in [0.1, 0.15) is 5.56 Å². The quantitative estimate of drug-likeness (QED) is 0.0923. The average Bonchev–Trinajstić information content (AvgIpc) is 2.97. The zero-order valence-corrected chi connectivity index (χ0v) is 22.1. The second-order valence-corrected chi connectivity index (χ2v) is 9.64. The molecule has 43 heavy (non-hydrogen) atoms. The summed E-state index contributed by atoms with van der Waals surface area (Å²) in [4.78, 5) is 25.2. The van der Waals surface area contributed by atoms with E-state index in [1.807, 2.05) is 0 Å². The third-order valence-corrected chi connectivity index (χ3v) is 6.67. The van der Waals surface area contributed by atoms with E-state index >= 15 is 0 Å². The van der Waals surface area contributed by atoms with Crippen molar-refractivity contribution in [2.45, 2.75) is 30.7 Å². The molecule has 4 aromatic rings. The largest absolute Gasteiger partial charge is 0.508 e. The van der Waals surface area contributed by atoms with Gasteiger partial charge in [-0.3, -0.25) is 4.79 Å². The minimum Gasteiger partial charge on any atom is -0.508 e. The van der Waals surface area contributed by atoms with Crippen molar-refractivity contribution in [1.82, 2.24) is 0 Å².